The van der Waals surface area contributed by atoms with Gasteiger partial charge in [-0.15, -0.1) is 0 Å². The van der Waals surface area contributed by atoms with Crippen LogP contribution in [-0.4, -0.2) is 40.2 Å². The highest BCUT2D eigenvalue weighted by Crippen LogP contribution is 2.36. The first-order valence-corrected chi connectivity index (χ1v) is 11.5. The summed E-state index contributed by atoms with van der Waals surface area (Å²) in [6.45, 7) is 2.24. The van der Waals surface area contributed by atoms with E-state index < -0.39 is 33.0 Å². The first-order chi connectivity index (χ1) is 16.4. The third-order valence-corrected chi connectivity index (χ3v) is 6.80. The van der Waals surface area contributed by atoms with Gasteiger partial charge in [-0.1, -0.05) is 0 Å². The second-order valence-corrected chi connectivity index (χ2v) is 9.36. The molecule has 1 atom stereocenters. The lowest BCUT2D eigenvalue weighted by molar-refractivity contribution is -0.147. The lowest BCUT2D eigenvalue weighted by Crippen LogP contribution is -2.42. The molecule has 1 N–H and O–H groups in total. The largest absolute Gasteiger partial charge is 0.404 e. The van der Waals surface area contributed by atoms with E-state index in [9.17, 15) is 31.2 Å². The fourth-order valence-corrected chi connectivity index (χ4v) is 4.66. The zero-order valence-electron chi connectivity index (χ0n) is 18.2. The standard InChI is InChI=1S/C22H16F4N6O2S/c1-12-5-20-16(6-18(12)23)17(7-27)21(32(20)14-8-28-11-29-9-14)19-4-3-15(10-30-19)35(33,34)31-13(2)22(24,25)26/h3-6,8-11,13,31H,1-2H3/t13-/m0/s1. The Morgan fingerprint density at radius 3 is 2.40 bits per heavy atom. The molecule has 0 fully saturated rings. The van der Waals surface area contributed by atoms with E-state index in [1.165, 1.54) is 30.9 Å². The van der Waals surface area contributed by atoms with Crippen molar-refractivity contribution in [3.05, 3.63) is 66.1 Å². The summed E-state index contributed by atoms with van der Waals surface area (Å²) in [6, 6.07) is 4.82. The van der Waals surface area contributed by atoms with Crippen molar-refractivity contribution in [1.82, 2.24) is 24.2 Å². The lowest BCUT2D eigenvalue weighted by atomic mass is 10.1. The molecule has 180 valence electrons. The molecule has 0 amide bonds. The number of alkyl halides is 3. The maximum atomic E-state index is 14.4. The molecule has 0 saturated heterocycles. The van der Waals surface area contributed by atoms with Gasteiger partial charge in [0, 0.05) is 11.6 Å². The number of sulfonamides is 1. The minimum atomic E-state index is -4.77. The molecule has 4 rings (SSSR count). The number of nitrogens with one attached hydrogen (secondary N) is 1. The summed E-state index contributed by atoms with van der Waals surface area (Å²) in [5, 5.41) is 10.2. The van der Waals surface area contributed by atoms with Crippen molar-refractivity contribution in [2.45, 2.75) is 31.0 Å². The zero-order valence-corrected chi connectivity index (χ0v) is 19.0. The lowest BCUT2D eigenvalue weighted by Gasteiger charge is -2.17. The molecule has 0 saturated carbocycles. The molecule has 0 unspecified atom stereocenters. The third kappa shape index (κ3) is 4.45. The number of aryl methyl sites for hydroxylation is 1. The molecule has 1 aromatic carbocycles. The van der Waals surface area contributed by atoms with Crippen LogP contribution in [0.3, 0.4) is 0 Å². The minimum absolute atomic E-state index is 0.0645. The molecule has 0 spiro atoms. The van der Waals surface area contributed by atoms with E-state index >= 15 is 0 Å². The number of halogens is 4. The molecule has 3 aromatic heterocycles. The van der Waals surface area contributed by atoms with Crippen molar-refractivity contribution < 1.29 is 26.0 Å². The van der Waals surface area contributed by atoms with Gasteiger partial charge >= 0.3 is 6.18 Å². The number of nitriles is 1. The summed E-state index contributed by atoms with van der Waals surface area (Å²) in [5.74, 6) is -0.527. The molecule has 0 aliphatic heterocycles. The van der Waals surface area contributed by atoms with Gasteiger partial charge in [-0.3, -0.25) is 4.98 Å². The molecule has 35 heavy (non-hydrogen) atoms. The number of aromatic nitrogens is 4. The van der Waals surface area contributed by atoms with Gasteiger partial charge in [0.1, 0.15) is 29.2 Å². The van der Waals surface area contributed by atoms with Gasteiger partial charge in [-0.25, -0.2) is 22.8 Å². The van der Waals surface area contributed by atoms with Crippen LogP contribution in [0.15, 0.2) is 54.1 Å². The van der Waals surface area contributed by atoms with E-state index in [1.807, 2.05) is 6.07 Å². The van der Waals surface area contributed by atoms with Crippen molar-refractivity contribution in [2.24, 2.45) is 0 Å². The van der Waals surface area contributed by atoms with Crippen LogP contribution in [0.25, 0.3) is 28.0 Å². The Labute approximate surface area is 196 Å². The number of rotatable bonds is 5. The fraction of sp³-hybridized carbons (Fsp3) is 0.182. The Balaban J connectivity index is 1.90. The van der Waals surface area contributed by atoms with E-state index in [0.29, 0.717) is 23.7 Å². The van der Waals surface area contributed by atoms with Crippen LogP contribution < -0.4 is 4.72 Å². The van der Waals surface area contributed by atoms with Crippen LogP contribution in [0.2, 0.25) is 0 Å². The van der Waals surface area contributed by atoms with Crippen LogP contribution >= 0.6 is 0 Å². The van der Waals surface area contributed by atoms with Gasteiger partial charge < -0.3 is 4.57 Å². The molecule has 13 heteroatoms. The SMILES string of the molecule is Cc1cc2c(cc1F)c(C#N)c(-c1ccc(S(=O)(=O)N[C@@H](C)C(F)(F)F)cn1)n2-c1cncnc1. The highest BCUT2D eigenvalue weighted by Gasteiger charge is 2.39. The van der Waals surface area contributed by atoms with Gasteiger partial charge in [0.05, 0.1) is 40.5 Å². The highest BCUT2D eigenvalue weighted by molar-refractivity contribution is 7.89. The summed E-state index contributed by atoms with van der Waals surface area (Å²) >= 11 is 0. The van der Waals surface area contributed by atoms with Crippen LogP contribution in [-0.2, 0) is 10.0 Å². The average molecular weight is 504 g/mol. The molecule has 0 aliphatic rings. The molecular weight excluding hydrogens is 488 g/mol. The van der Waals surface area contributed by atoms with Gasteiger partial charge in [0.25, 0.3) is 0 Å². The molecule has 3 heterocycles. The minimum Gasteiger partial charge on any atom is -0.303 e. The van der Waals surface area contributed by atoms with E-state index in [4.69, 9.17) is 0 Å². The summed E-state index contributed by atoms with van der Waals surface area (Å²) in [6.07, 6.45) is 0.359. The molecule has 0 aliphatic carbocycles. The van der Waals surface area contributed by atoms with Crippen molar-refractivity contribution in [3.8, 4) is 23.1 Å². The fourth-order valence-electron chi connectivity index (χ4n) is 3.49. The van der Waals surface area contributed by atoms with Crippen LogP contribution in [0, 0.1) is 24.1 Å². The predicted molar refractivity (Wildman–Crippen MR) is 117 cm³/mol. The van der Waals surface area contributed by atoms with Crippen molar-refractivity contribution in [3.63, 3.8) is 0 Å². The maximum absolute atomic E-state index is 14.4. The summed E-state index contributed by atoms with van der Waals surface area (Å²) < 4.78 is 80.8. The summed E-state index contributed by atoms with van der Waals surface area (Å²) in [4.78, 5) is 11.6. The topological polar surface area (TPSA) is 114 Å². The van der Waals surface area contributed by atoms with Crippen molar-refractivity contribution in [1.29, 1.82) is 5.26 Å². The quantitative estimate of drug-likeness (QED) is 0.411. The van der Waals surface area contributed by atoms with Gasteiger partial charge in [-0.05, 0) is 43.7 Å². The van der Waals surface area contributed by atoms with E-state index in [0.717, 1.165) is 12.3 Å². The molecule has 4 aromatic rings. The average Bonchev–Trinajstić information content (AvgIpc) is 3.12. The zero-order chi connectivity index (χ0) is 25.5. The number of hydrogen-bond acceptors (Lipinski definition) is 6. The van der Waals surface area contributed by atoms with Gasteiger partial charge in [-0.2, -0.15) is 23.2 Å². The first-order valence-electron chi connectivity index (χ1n) is 9.99. The Kier molecular flexibility index (Phi) is 6.04. The molecule has 0 bridgehead atoms. The maximum Gasteiger partial charge on any atom is 0.404 e. The second-order valence-electron chi connectivity index (χ2n) is 7.65. The Morgan fingerprint density at radius 1 is 1.14 bits per heavy atom. The number of pyridine rings is 1. The Bertz CT molecular complexity index is 1560. The molecule has 0 radical (unpaired) electrons. The third-order valence-electron chi connectivity index (χ3n) is 5.28. The monoisotopic (exact) mass is 504 g/mol. The van der Waals surface area contributed by atoms with Crippen LogP contribution in [0.5, 0.6) is 0 Å². The van der Waals surface area contributed by atoms with E-state index in [-0.39, 0.29) is 22.3 Å². The molecular formula is C22H16F4N6O2S. The first kappa shape index (κ1) is 24.2. The number of nitrogens with zero attached hydrogens (tertiary/aromatic N) is 5. The van der Waals surface area contributed by atoms with Crippen LogP contribution in [0.1, 0.15) is 18.1 Å². The van der Waals surface area contributed by atoms with Crippen LogP contribution in [0.4, 0.5) is 17.6 Å². The number of fused-ring (bicyclic) bond motifs is 1. The number of benzene rings is 1. The normalized spacial score (nSPS) is 13.1. The summed E-state index contributed by atoms with van der Waals surface area (Å²) in [7, 11) is -4.53. The highest BCUT2D eigenvalue weighted by atomic mass is 32.2. The Hall–Kier alpha value is -3.89. The Morgan fingerprint density at radius 2 is 1.83 bits per heavy atom. The van der Waals surface area contributed by atoms with Gasteiger partial charge in [0.2, 0.25) is 10.0 Å². The van der Waals surface area contributed by atoms with Crippen molar-refractivity contribution in [2.75, 3.05) is 0 Å². The van der Waals surface area contributed by atoms with E-state index in [1.54, 1.807) is 22.3 Å². The molecule has 8 nitrogen and oxygen atoms in total. The van der Waals surface area contributed by atoms with Crippen molar-refractivity contribution >= 4 is 20.9 Å². The van der Waals surface area contributed by atoms with E-state index in [2.05, 4.69) is 15.0 Å². The smallest absolute Gasteiger partial charge is 0.303 e. The number of hydrogen-bond donors (Lipinski definition) is 1. The second kappa shape index (κ2) is 8.71. The van der Waals surface area contributed by atoms with Gasteiger partial charge in [0.15, 0.2) is 0 Å². The summed E-state index contributed by atoms with van der Waals surface area (Å²) in [5.41, 5.74) is 1.62. The predicted octanol–water partition coefficient (Wildman–Crippen LogP) is 4.03.